The molecule has 8 heteroatoms. The van der Waals surface area contributed by atoms with Gasteiger partial charge in [-0.2, -0.15) is 5.26 Å². The zero-order chi connectivity index (χ0) is 21.5. The van der Waals surface area contributed by atoms with E-state index in [4.69, 9.17) is 9.47 Å². The van der Waals surface area contributed by atoms with Crippen molar-refractivity contribution in [3.05, 3.63) is 59.7 Å². The molecule has 0 aliphatic rings. The maximum absolute atomic E-state index is 12.6. The van der Waals surface area contributed by atoms with E-state index in [9.17, 15) is 14.9 Å². The molecular formula is C22H19N3O4S. The summed E-state index contributed by atoms with van der Waals surface area (Å²) in [4.78, 5) is 30.8. The Morgan fingerprint density at radius 2 is 1.93 bits per heavy atom. The van der Waals surface area contributed by atoms with E-state index in [0.717, 1.165) is 10.2 Å². The molecule has 3 aromatic rings. The number of benzene rings is 2. The fourth-order valence-corrected chi connectivity index (χ4v) is 3.73. The van der Waals surface area contributed by atoms with Crippen molar-refractivity contribution in [1.82, 2.24) is 4.98 Å². The lowest BCUT2D eigenvalue weighted by atomic mass is 10.1. The van der Waals surface area contributed by atoms with Crippen LogP contribution in [0.4, 0.5) is 5.13 Å². The Kier molecular flexibility index (Phi) is 6.78. The van der Waals surface area contributed by atoms with Crippen molar-refractivity contribution in [1.29, 1.82) is 5.26 Å². The number of anilines is 1. The molecule has 0 atom stereocenters. The van der Waals surface area contributed by atoms with Gasteiger partial charge in [0.05, 0.1) is 17.3 Å². The van der Waals surface area contributed by atoms with Gasteiger partial charge in [-0.3, -0.25) is 9.69 Å². The van der Waals surface area contributed by atoms with Gasteiger partial charge in [-0.1, -0.05) is 35.6 Å². The molecule has 0 saturated carbocycles. The van der Waals surface area contributed by atoms with Crippen LogP contribution in [0.1, 0.15) is 12.5 Å². The van der Waals surface area contributed by atoms with Crippen molar-refractivity contribution in [3.8, 4) is 11.8 Å². The summed E-state index contributed by atoms with van der Waals surface area (Å²) in [5.74, 6) is -0.609. The fraction of sp³-hybridized carbons (Fsp3) is 0.182. The van der Waals surface area contributed by atoms with Gasteiger partial charge in [0, 0.05) is 6.54 Å². The molecular weight excluding hydrogens is 402 g/mol. The summed E-state index contributed by atoms with van der Waals surface area (Å²) in [7, 11) is 1.55. The van der Waals surface area contributed by atoms with Crippen LogP contribution >= 0.6 is 11.3 Å². The predicted octanol–water partition coefficient (Wildman–Crippen LogP) is 3.81. The minimum Gasteiger partial charge on any atom is -0.497 e. The molecule has 1 aromatic heterocycles. The molecule has 0 saturated heterocycles. The number of hydrogen-bond acceptors (Lipinski definition) is 7. The van der Waals surface area contributed by atoms with Gasteiger partial charge in [0.15, 0.2) is 11.7 Å². The number of thiazole rings is 1. The molecule has 0 bridgehead atoms. The topological polar surface area (TPSA) is 92.5 Å². The third-order valence-corrected chi connectivity index (χ3v) is 5.28. The van der Waals surface area contributed by atoms with Crippen LogP contribution in [0.3, 0.4) is 0 Å². The number of esters is 1. The molecule has 3 rings (SSSR count). The Balaban J connectivity index is 1.67. The van der Waals surface area contributed by atoms with Crippen LogP contribution in [0.15, 0.2) is 54.1 Å². The Hall–Kier alpha value is -3.70. The van der Waals surface area contributed by atoms with Crippen molar-refractivity contribution in [2.45, 2.75) is 6.92 Å². The highest BCUT2D eigenvalue weighted by Crippen LogP contribution is 2.28. The smallest absolute Gasteiger partial charge is 0.349 e. The molecule has 0 spiro atoms. The number of amides is 1. The van der Waals surface area contributed by atoms with Crippen LogP contribution in [0.25, 0.3) is 16.3 Å². The summed E-state index contributed by atoms with van der Waals surface area (Å²) in [6, 6.07) is 16.2. The zero-order valence-corrected chi connectivity index (χ0v) is 17.3. The predicted molar refractivity (Wildman–Crippen MR) is 115 cm³/mol. The molecule has 0 unspecified atom stereocenters. The highest BCUT2D eigenvalue weighted by Gasteiger charge is 2.20. The van der Waals surface area contributed by atoms with E-state index in [0.29, 0.717) is 23.0 Å². The lowest BCUT2D eigenvalue weighted by molar-refractivity contribution is -0.143. The first kappa shape index (κ1) is 21.0. The number of hydrogen-bond donors (Lipinski definition) is 0. The summed E-state index contributed by atoms with van der Waals surface area (Å²) >= 11 is 1.39. The quantitative estimate of drug-likeness (QED) is 0.327. The summed E-state index contributed by atoms with van der Waals surface area (Å²) in [5, 5.41) is 9.83. The molecule has 1 amide bonds. The third kappa shape index (κ3) is 4.82. The van der Waals surface area contributed by atoms with Crippen LogP contribution in [0.2, 0.25) is 0 Å². The molecule has 1 heterocycles. The largest absolute Gasteiger partial charge is 0.497 e. The molecule has 0 N–H and O–H groups in total. The van der Waals surface area contributed by atoms with Crippen molar-refractivity contribution >= 4 is 44.6 Å². The average molecular weight is 421 g/mol. The summed E-state index contributed by atoms with van der Waals surface area (Å²) in [5.41, 5.74) is 1.24. The van der Waals surface area contributed by atoms with E-state index in [1.165, 1.54) is 22.3 Å². The van der Waals surface area contributed by atoms with Crippen LogP contribution in [0, 0.1) is 11.3 Å². The van der Waals surface area contributed by atoms with Gasteiger partial charge in [0.1, 0.15) is 17.4 Å². The first-order chi connectivity index (χ1) is 14.5. The van der Waals surface area contributed by atoms with Crippen LogP contribution in [0.5, 0.6) is 5.75 Å². The van der Waals surface area contributed by atoms with E-state index in [1.807, 2.05) is 37.3 Å². The number of para-hydroxylation sites is 1. The van der Waals surface area contributed by atoms with E-state index in [1.54, 1.807) is 31.4 Å². The number of nitrogens with zero attached hydrogens (tertiary/aromatic N) is 3. The summed E-state index contributed by atoms with van der Waals surface area (Å²) < 4.78 is 11.1. The van der Waals surface area contributed by atoms with Crippen molar-refractivity contribution in [2.75, 3.05) is 25.2 Å². The minimum absolute atomic E-state index is 0.198. The second-order valence-corrected chi connectivity index (χ2v) is 7.13. The van der Waals surface area contributed by atoms with Crippen LogP contribution < -0.4 is 9.64 Å². The average Bonchev–Trinajstić information content (AvgIpc) is 3.20. The molecule has 7 nitrogen and oxygen atoms in total. The second-order valence-electron chi connectivity index (χ2n) is 6.12. The standard InChI is InChI=1S/C22H19N3O4S/c1-3-25(22-24-18-6-4-5-7-19(18)30-22)20(26)14-29-21(27)16(13-23)12-15-8-10-17(28-2)11-9-15/h4-12H,3,14H2,1-2H3/b16-12+. The van der Waals surface area contributed by atoms with E-state index in [-0.39, 0.29) is 5.57 Å². The lowest BCUT2D eigenvalue weighted by Crippen LogP contribution is -2.34. The van der Waals surface area contributed by atoms with Gasteiger partial charge in [-0.15, -0.1) is 0 Å². The van der Waals surface area contributed by atoms with Gasteiger partial charge >= 0.3 is 5.97 Å². The van der Waals surface area contributed by atoms with Crippen molar-refractivity contribution < 1.29 is 19.1 Å². The fourth-order valence-electron chi connectivity index (χ4n) is 2.68. The zero-order valence-electron chi connectivity index (χ0n) is 16.5. The Morgan fingerprint density at radius 3 is 2.57 bits per heavy atom. The first-order valence-electron chi connectivity index (χ1n) is 9.14. The van der Waals surface area contributed by atoms with Gasteiger partial charge in [-0.05, 0) is 42.8 Å². The maximum atomic E-state index is 12.6. The summed E-state index contributed by atoms with van der Waals surface area (Å²) in [6.07, 6.45) is 1.40. The van der Waals surface area contributed by atoms with Gasteiger partial charge < -0.3 is 9.47 Å². The lowest BCUT2D eigenvalue weighted by Gasteiger charge is -2.17. The van der Waals surface area contributed by atoms with Crippen molar-refractivity contribution in [2.24, 2.45) is 0 Å². The number of fused-ring (bicyclic) bond motifs is 1. The number of ether oxygens (including phenoxy) is 2. The number of aromatic nitrogens is 1. The third-order valence-electron chi connectivity index (χ3n) is 4.22. The highest BCUT2D eigenvalue weighted by atomic mass is 32.1. The number of carbonyl (C=O) groups is 2. The van der Waals surface area contributed by atoms with Crippen LogP contribution in [-0.2, 0) is 14.3 Å². The minimum atomic E-state index is -0.859. The molecule has 0 aliphatic carbocycles. The molecule has 2 aromatic carbocycles. The normalized spacial score (nSPS) is 11.0. The number of carbonyl (C=O) groups excluding carboxylic acids is 2. The monoisotopic (exact) mass is 421 g/mol. The number of rotatable bonds is 7. The second kappa shape index (κ2) is 9.67. The summed E-state index contributed by atoms with van der Waals surface area (Å²) in [6.45, 7) is 1.71. The number of methoxy groups -OCH3 is 1. The van der Waals surface area contributed by atoms with Gasteiger partial charge in [0.25, 0.3) is 5.91 Å². The number of likely N-dealkylation sites (N-methyl/N-ethyl adjacent to an activating group) is 1. The molecule has 0 radical (unpaired) electrons. The maximum Gasteiger partial charge on any atom is 0.349 e. The molecule has 152 valence electrons. The van der Waals surface area contributed by atoms with E-state index >= 15 is 0 Å². The number of nitriles is 1. The molecule has 0 fully saturated rings. The van der Waals surface area contributed by atoms with E-state index in [2.05, 4.69) is 4.98 Å². The Labute approximate surface area is 177 Å². The molecule has 30 heavy (non-hydrogen) atoms. The Bertz CT molecular complexity index is 1100. The Morgan fingerprint density at radius 1 is 1.20 bits per heavy atom. The van der Waals surface area contributed by atoms with Crippen LogP contribution in [-0.4, -0.2) is 37.1 Å². The van der Waals surface area contributed by atoms with Gasteiger partial charge in [0.2, 0.25) is 0 Å². The van der Waals surface area contributed by atoms with E-state index < -0.39 is 18.5 Å². The van der Waals surface area contributed by atoms with Crippen molar-refractivity contribution in [3.63, 3.8) is 0 Å². The highest BCUT2D eigenvalue weighted by molar-refractivity contribution is 7.22. The van der Waals surface area contributed by atoms with Gasteiger partial charge in [-0.25, -0.2) is 9.78 Å². The first-order valence-corrected chi connectivity index (χ1v) is 9.96. The SMILES string of the molecule is CCN(C(=O)COC(=O)/C(C#N)=C/c1ccc(OC)cc1)c1nc2ccccc2s1. The molecule has 0 aliphatic heterocycles.